The van der Waals surface area contributed by atoms with Crippen LogP contribution in [0, 0.1) is 5.92 Å². The molecule has 0 saturated carbocycles. The molecule has 0 saturated heterocycles. The molecular formula is C23H29N3O6. The highest BCUT2D eigenvalue weighted by Crippen LogP contribution is 2.23. The molecule has 9 heteroatoms. The van der Waals surface area contributed by atoms with Gasteiger partial charge in [0.15, 0.2) is 0 Å². The molecular weight excluding hydrogens is 414 g/mol. The summed E-state index contributed by atoms with van der Waals surface area (Å²) in [6, 6.07) is 10.7. The van der Waals surface area contributed by atoms with E-state index < -0.39 is 11.9 Å². The molecule has 9 nitrogen and oxygen atoms in total. The Bertz CT molecular complexity index is 938. The Morgan fingerprint density at radius 2 is 1.47 bits per heavy atom. The number of methoxy groups -OCH3 is 3. The van der Waals surface area contributed by atoms with E-state index in [4.69, 9.17) is 14.2 Å². The number of carbonyl (C=O) groups is 3. The van der Waals surface area contributed by atoms with Crippen molar-refractivity contribution in [2.45, 2.75) is 19.9 Å². The largest absolute Gasteiger partial charge is 0.497 e. The first-order chi connectivity index (χ1) is 15.3. The number of benzene rings is 2. The van der Waals surface area contributed by atoms with Crippen molar-refractivity contribution in [3.8, 4) is 11.5 Å². The Kier molecular flexibility index (Phi) is 9.03. The van der Waals surface area contributed by atoms with E-state index >= 15 is 0 Å². The Morgan fingerprint density at radius 1 is 0.875 bits per heavy atom. The monoisotopic (exact) mass is 443 g/mol. The van der Waals surface area contributed by atoms with Crippen LogP contribution in [-0.2, 0) is 14.3 Å². The van der Waals surface area contributed by atoms with Gasteiger partial charge in [-0.25, -0.2) is 0 Å². The molecule has 172 valence electrons. The van der Waals surface area contributed by atoms with Crippen LogP contribution in [0.15, 0.2) is 42.5 Å². The molecule has 2 aromatic rings. The maximum Gasteiger partial charge on any atom is 0.252 e. The van der Waals surface area contributed by atoms with Crippen molar-refractivity contribution < 1.29 is 28.6 Å². The number of hydrogen-bond donors (Lipinski definition) is 3. The fraction of sp³-hybridized carbons (Fsp3) is 0.348. The number of carbonyl (C=O) groups excluding carboxylic acids is 3. The summed E-state index contributed by atoms with van der Waals surface area (Å²) < 4.78 is 15.2. The van der Waals surface area contributed by atoms with E-state index in [2.05, 4.69) is 16.0 Å². The van der Waals surface area contributed by atoms with Gasteiger partial charge in [0, 0.05) is 30.1 Å². The number of hydrogen-bond acceptors (Lipinski definition) is 6. The third-order valence-corrected chi connectivity index (χ3v) is 4.54. The van der Waals surface area contributed by atoms with E-state index in [1.165, 1.54) is 21.3 Å². The van der Waals surface area contributed by atoms with Gasteiger partial charge in [0.05, 0.1) is 14.2 Å². The van der Waals surface area contributed by atoms with Crippen molar-refractivity contribution in [3.05, 3.63) is 48.0 Å². The molecule has 0 aliphatic heterocycles. The van der Waals surface area contributed by atoms with Gasteiger partial charge in [0.1, 0.15) is 24.1 Å². The van der Waals surface area contributed by atoms with Gasteiger partial charge in [-0.3, -0.25) is 14.4 Å². The van der Waals surface area contributed by atoms with E-state index in [1.807, 2.05) is 13.8 Å². The maximum atomic E-state index is 12.9. The lowest BCUT2D eigenvalue weighted by molar-refractivity contribution is -0.120. The van der Waals surface area contributed by atoms with Crippen LogP contribution in [0.4, 0.5) is 11.4 Å². The van der Waals surface area contributed by atoms with Gasteiger partial charge < -0.3 is 30.2 Å². The summed E-state index contributed by atoms with van der Waals surface area (Å²) in [4.78, 5) is 37.5. The van der Waals surface area contributed by atoms with Crippen LogP contribution in [0.2, 0.25) is 0 Å². The van der Waals surface area contributed by atoms with Crippen LogP contribution >= 0.6 is 0 Å². The summed E-state index contributed by atoms with van der Waals surface area (Å²) in [5.74, 6) is -0.381. The highest BCUT2D eigenvalue weighted by molar-refractivity contribution is 6.02. The Morgan fingerprint density at radius 3 is 2.00 bits per heavy atom. The first kappa shape index (κ1) is 24.7. The fourth-order valence-electron chi connectivity index (χ4n) is 2.92. The summed E-state index contributed by atoms with van der Waals surface area (Å²) in [7, 11) is 4.41. The molecule has 0 aliphatic carbocycles. The van der Waals surface area contributed by atoms with Gasteiger partial charge >= 0.3 is 0 Å². The lowest BCUT2D eigenvalue weighted by atomic mass is 10.0. The van der Waals surface area contributed by atoms with E-state index in [-0.39, 0.29) is 24.3 Å². The first-order valence-electron chi connectivity index (χ1n) is 10.0. The van der Waals surface area contributed by atoms with Crippen molar-refractivity contribution in [1.82, 2.24) is 5.32 Å². The van der Waals surface area contributed by atoms with Gasteiger partial charge in [-0.15, -0.1) is 0 Å². The smallest absolute Gasteiger partial charge is 0.252 e. The third-order valence-electron chi connectivity index (χ3n) is 4.54. The minimum Gasteiger partial charge on any atom is -0.497 e. The highest BCUT2D eigenvalue weighted by atomic mass is 16.5. The van der Waals surface area contributed by atoms with Crippen molar-refractivity contribution >= 4 is 29.1 Å². The third kappa shape index (κ3) is 6.98. The van der Waals surface area contributed by atoms with Crippen LogP contribution < -0.4 is 25.4 Å². The molecule has 0 bridgehead atoms. The van der Waals surface area contributed by atoms with E-state index in [0.717, 1.165) is 0 Å². The normalized spacial score (nSPS) is 11.4. The van der Waals surface area contributed by atoms with E-state index in [0.29, 0.717) is 28.4 Å². The van der Waals surface area contributed by atoms with Gasteiger partial charge in [-0.05, 0) is 36.2 Å². The minimum atomic E-state index is -0.800. The number of anilines is 2. The molecule has 2 aromatic carbocycles. The molecule has 0 heterocycles. The lowest BCUT2D eigenvalue weighted by Crippen LogP contribution is -2.47. The molecule has 2 rings (SSSR count). The topological polar surface area (TPSA) is 115 Å². The molecule has 1 unspecified atom stereocenters. The second kappa shape index (κ2) is 11.7. The van der Waals surface area contributed by atoms with Crippen LogP contribution in [0.1, 0.15) is 24.2 Å². The average molecular weight is 444 g/mol. The zero-order valence-corrected chi connectivity index (χ0v) is 18.9. The standard InChI is InChI=1S/C23H29N3O6/c1-14(2)21(26-22(28)15-9-18(31-4)12-19(10-15)32-5)23(29)25-17-8-6-7-16(11-17)24-20(27)13-30-3/h6-12,14,21H,13H2,1-5H3,(H,24,27)(H,25,29)(H,26,28). The number of amides is 3. The first-order valence-corrected chi connectivity index (χ1v) is 10.0. The lowest BCUT2D eigenvalue weighted by Gasteiger charge is -2.22. The summed E-state index contributed by atoms with van der Waals surface area (Å²) in [6.45, 7) is 3.59. The van der Waals surface area contributed by atoms with Crippen LogP contribution in [0.3, 0.4) is 0 Å². The van der Waals surface area contributed by atoms with Gasteiger partial charge in [0.25, 0.3) is 5.91 Å². The summed E-state index contributed by atoms with van der Waals surface area (Å²) in [6.07, 6.45) is 0. The molecule has 0 aromatic heterocycles. The van der Waals surface area contributed by atoms with Crippen molar-refractivity contribution in [2.24, 2.45) is 5.92 Å². The molecule has 32 heavy (non-hydrogen) atoms. The average Bonchev–Trinajstić information content (AvgIpc) is 2.76. The van der Waals surface area contributed by atoms with Crippen molar-refractivity contribution in [1.29, 1.82) is 0 Å². The fourth-order valence-corrected chi connectivity index (χ4v) is 2.92. The molecule has 0 spiro atoms. The Labute approximate surface area is 187 Å². The van der Waals surface area contributed by atoms with Gasteiger partial charge in [-0.2, -0.15) is 0 Å². The van der Waals surface area contributed by atoms with Crippen molar-refractivity contribution in [3.63, 3.8) is 0 Å². The molecule has 0 aliphatic rings. The summed E-state index contributed by atoms with van der Waals surface area (Å²) in [5, 5.41) is 8.23. The number of ether oxygens (including phenoxy) is 3. The van der Waals surface area contributed by atoms with Crippen LogP contribution in [0.25, 0.3) is 0 Å². The molecule has 0 radical (unpaired) electrons. The Balaban J connectivity index is 2.13. The minimum absolute atomic E-state index is 0.0763. The van der Waals surface area contributed by atoms with Crippen molar-refractivity contribution in [2.75, 3.05) is 38.6 Å². The summed E-state index contributed by atoms with van der Waals surface area (Å²) >= 11 is 0. The zero-order valence-electron chi connectivity index (χ0n) is 18.9. The van der Waals surface area contributed by atoms with Crippen LogP contribution in [0.5, 0.6) is 11.5 Å². The van der Waals surface area contributed by atoms with Gasteiger partial charge in [-0.1, -0.05) is 19.9 Å². The second-order valence-electron chi connectivity index (χ2n) is 7.35. The molecule has 0 fully saturated rings. The zero-order chi connectivity index (χ0) is 23.7. The van der Waals surface area contributed by atoms with Gasteiger partial charge in [0.2, 0.25) is 11.8 Å². The van der Waals surface area contributed by atoms with E-state index in [9.17, 15) is 14.4 Å². The number of rotatable bonds is 10. The summed E-state index contributed by atoms with van der Waals surface area (Å²) in [5.41, 5.74) is 1.30. The molecule has 3 amide bonds. The predicted octanol–water partition coefficient (Wildman–Crippen LogP) is 2.68. The highest BCUT2D eigenvalue weighted by Gasteiger charge is 2.25. The van der Waals surface area contributed by atoms with Crippen LogP contribution in [-0.4, -0.2) is 51.7 Å². The number of nitrogens with one attached hydrogen (secondary N) is 3. The SMILES string of the molecule is COCC(=O)Nc1cccc(NC(=O)C(NC(=O)c2cc(OC)cc(OC)c2)C(C)C)c1. The molecule has 3 N–H and O–H groups in total. The molecule has 1 atom stereocenters. The quantitative estimate of drug-likeness (QED) is 0.520. The Hall–Kier alpha value is -3.59. The van der Waals surface area contributed by atoms with E-state index in [1.54, 1.807) is 42.5 Å². The maximum absolute atomic E-state index is 12.9. The second-order valence-corrected chi connectivity index (χ2v) is 7.35. The predicted molar refractivity (Wildman–Crippen MR) is 121 cm³/mol.